The van der Waals surface area contributed by atoms with E-state index >= 15 is 0 Å². The zero-order valence-corrected chi connectivity index (χ0v) is 9.23. The second-order valence-corrected chi connectivity index (χ2v) is 5.23. The highest BCUT2D eigenvalue weighted by Gasteiger charge is 2.25. The first-order valence-electron chi connectivity index (χ1n) is 5.23. The molecule has 2 rings (SSSR count). The molecule has 1 heterocycles. The van der Waals surface area contributed by atoms with Crippen molar-refractivity contribution in [2.75, 3.05) is 5.75 Å². The lowest BCUT2D eigenvalue weighted by Crippen LogP contribution is -2.39. The molecular formula is C10H18N2S. The third-order valence-corrected chi connectivity index (χ3v) is 4.15. The van der Waals surface area contributed by atoms with Crippen molar-refractivity contribution in [1.82, 2.24) is 5.32 Å². The number of nitrogens with one attached hydrogen (secondary N) is 1. The Hall–Kier alpha value is -0.180. The van der Waals surface area contributed by atoms with Crippen LogP contribution in [-0.4, -0.2) is 23.0 Å². The molecule has 2 nitrogen and oxygen atoms in total. The summed E-state index contributed by atoms with van der Waals surface area (Å²) < 4.78 is 0. The van der Waals surface area contributed by atoms with Gasteiger partial charge in [0, 0.05) is 11.8 Å². The van der Waals surface area contributed by atoms with Gasteiger partial charge in [-0.05, 0) is 32.6 Å². The van der Waals surface area contributed by atoms with Crippen molar-refractivity contribution < 1.29 is 0 Å². The van der Waals surface area contributed by atoms with Gasteiger partial charge in [0.1, 0.15) is 0 Å². The first kappa shape index (κ1) is 9.38. The van der Waals surface area contributed by atoms with Gasteiger partial charge in [-0.1, -0.05) is 18.2 Å². The van der Waals surface area contributed by atoms with Gasteiger partial charge in [-0.25, -0.2) is 0 Å². The Morgan fingerprint density at radius 1 is 1.54 bits per heavy atom. The number of aliphatic imine (C=N–C) groups is 1. The highest BCUT2D eigenvalue weighted by Crippen LogP contribution is 2.30. The van der Waals surface area contributed by atoms with E-state index in [4.69, 9.17) is 0 Å². The Balaban J connectivity index is 1.79. The molecule has 1 N–H and O–H groups in total. The maximum absolute atomic E-state index is 4.54. The summed E-state index contributed by atoms with van der Waals surface area (Å²) in [6.45, 7) is 4.46. The van der Waals surface area contributed by atoms with Crippen molar-refractivity contribution in [2.24, 2.45) is 10.9 Å². The summed E-state index contributed by atoms with van der Waals surface area (Å²) >= 11 is 1.87. The summed E-state index contributed by atoms with van der Waals surface area (Å²) in [6, 6.07) is 1.14. The molecular weight excluding hydrogens is 180 g/mol. The van der Waals surface area contributed by atoms with Crippen molar-refractivity contribution in [1.29, 1.82) is 0 Å². The second kappa shape index (κ2) is 3.91. The van der Waals surface area contributed by atoms with Crippen LogP contribution in [0.4, 0.5) is 0 Å². The van der Waals surface area contributed by atoms with Crippen LogP contribution in [0.15, 0.2) is 4.99 Å². The molecule has 1 saturated carbocycles. The Bertz CT molecular complexity index is 211. The quantitative estimate of drug-likeness (QED) is 0.736. The van der Waals surface area contributed by atoms with Gasteiger partial charge in [0.25, 0.3) is 0 Å². The normalized spacial score (nSPS) is 30.9. The van der Waals surface area contributed by atoms with Gasteiger partial charge in [0.05, 0.1) is 6.04 Å². The number of rotatable bonds is 2. The number of hydrogen-bond donors (Lipinski definition) is 1. The number of thioether (sulfide) groups is 1. The van der Waals surface area contributed by atoms with Crippen LogP contribution < -0.4 is 5.32 Å². The lowest BCUT2D eigenvalue weighted by Gasteiger charge is -2.32. The molecule has 2 atom stereocenters. The SMILES string of the molecule is CC1CSC(NC(C)C2CCC2)=N1. The van der Waals surface area contributed by atoms with E-state index in [1.54, 1.807) is 0 Å². The Morgan fingerprint density at radius 2 is 2.31 bits per heavy atom. The van der Waals surface area contributed by atoms with Crippen molar-refractivity contribution in [3.8, 4) is 0 Å². The maximum Gasteiger partial charge on any atom is 0.157 e. The largest absolute Gasteiger partial charge is 0.362 e. The first-order chi connectivity index (χ1) is 6.25. The highest BCUT2D eigenvalue weighted by molar-refractivity contribution is 8.14. The van der Waals surface area contributed by atoms with Crippen molar-refractivity contribution in [3.05, 3.63) is 0 Å². The molecule has 0 aromatic rings. The molecule has 0 aromatic carbocycles. The lowest BCUT2D eigenvalue weighted by atomic mass is 9.80. The minimum atomic E-state index is 0.515. The predicted octanol–water partition coefficient (Wildman–Crippen LogP) is 2.26. The molecule has 0 spiro atoms. The molecule has 0 amide bonds. The fourth-order valence-electron chi connectivity index (χ4n) is 1.81. The summed E-state index contributed by atoms with van der Waals surface area (Å²) in [6.07, 6.45) is 4.23. The molecule has 3 heteroatoms. The Labute approximate surface area is 84.6 Å². The second-order valence-electron chi connectivity index (χ2n) is 4.22. The molecule has 2 unspecified atom stereocenters. The number of nitrogens with zero attached hydrogens (tertiary/aromatic N) is 1. The van der Waals surface area contributed by atoms with Gasteiger partial charge in [0.2, 0.25) is 0 Å². The summed E-state index contributed by atoms with van der Waals surface area (Å²) in [5.41, 5.74) is 0. The first-order valence-corrected chi connectivity index (χ1v) is 6.21. The van der Waals surface area contributed by atoms with E-state index in [1.807, 2.05) is 11.8 Å². The summed E-state index contributed by atoms with van der Waals surface area (Å²) in [7, 11) is 0. The van der Waals surface area contributed by atoms with E-state index in [0.29, 0.717) is 12.1 Å². The van der Waals surface area contributed by atoms with Gasteiger partial charge >= 0.3 is 0 Å². The average molecular weight is 198 g/mol. The maximum atomic E-state index is 4.54. The molecule has 0 aromatic heterocycles. The smallest absolute Gasteiger partial charge is 0.157 e. The standard InChI is InChI=1S/C10H18N2S/c1-7-6-13-10(11-7)12-8(2)9-4-3-5-9/h7-9H,3-6H2,1-2H3,(H,11,12). The highest BCUT2D eigenvalue weighted by atomic mass is 32.2. The summed E-state index contributed by atoms with van der Waals surface area (Å²) in [5.74, 6) is 2.05. The minimum absolute atomic E-state index is 0.515. The number of amidine groups is 1. The van der Waals surface area contributed by atoms with Crippen LogP contribution in [0, 0.1) is 5.92 Å². The van der Waals surface area contributed by atoms with Crippen molar-refractivity contribution >= 4 is 16.9 Å². The van der Waals surface area contributed by atoms with Crippen LogP contribution in [0.25, 0.3) is 0 Å². The zero-order chi connectivity index (χ0) is 9.26. The van der Waals surface area contributed by atoms with E-state index < -0.39 is 0 Å². The van der Waals surface area contributed by atoms with Crippen molar-refractivity contribution in [3.63, 3.8) is 0 Å². The van der Waals surface area contributed by atoms with E-state index in [1.165, 1.54) is 24.4 Å². The molecule has 0 bridgehead atoms. The van der Waals surface area contributed by atoms with E-state index in [-0.39, 0.29) is 0 Å². The van der Waals surface area contributed by atoms with Crippen molar-refractivity contribution in [2.45, 2.75) is 45.2 Å². The van der Waals surface area contributed by atoms with Crippen LogP contribution in [0.1, 0.15) is 33.1 Å². The molecule has 1 aliphatic heterocycles. The molecule has 13 heavy (non-hydrogen) atoms. The zero-order valence-electron chi connectivity index (χ0n) is 8.42. The van der Waals surface area contributed by atoms with E-state index in [9.17, 15) is 0 Å². The van der Waals surface area contributed by atoms with Gasteiger partial charge < -0.3 is 5.32 Å². The molecule has 1 fully saturated rings. The van der Waals surface area contributed by atoms with Crippen LogP contribution in [0.3, 0.4) is 0 Å². The molecule has 74 valence electrons. The average Bonchev–Trinajstić information content (AvgIpc) is 2.31. The third kappa shape index (κ3) is 2.19. The predicted molar refractivity (Wildman–Crippen MR) is 59.3 cm³/mol. The van der Waals surface area contributed by atoms with Gasteiger partial charge in [-0.3, -0.25) is 4.99 Å². The molecule has 0 saturated heterocycles. The van der Waals surface area contributed by atoms with Gasteiger partial charge in [-0.15, -0.1) is 0 Å². The summed E-state index contributed by atoms with van der Waals surface area (Å²) in [5, 5.41) is 4.70. The topological polar surface area (TPSA) is 24.4 Å². The van der Waals surface area contributed by atoms with E-state index in [0.717, 1.165) is 11.7 Å². The molecule has 1 aliphatic carbocycles. The number of hydrogen-bond acceptors (Lipinski definition) is 3. The Morgan fingerprint density at radius 3 is 2.77 bits per heavy atom. The van der Waals surface area contributed by atoms with Gasteiger partial charge in [0.15, 0.2) is 5.17 Å². The van der Waals surface area contributed by atoms with Crippen LogP contribution in [-0.2, 0) is 0 Å². The minimum Gasteiger partial charge on any atom is -0.362 e. The van der Waals surface area contributed by atoms with Gasteiger partial charge in [-0.2, -0.15) is 0 Å². The van der Waals surface area contributed by atoms with Crippen LogP contribution in [0.5, 0.6) is 0 Å². The Kier molecular flexibility index (Phi) is 2.82. The molecule has 0 radical (unpaired) electrons. The monoisotopic (exact) mass is 198 g/mol. The van der Waals surface area contributed by atoms with Crippen LogP contribution in [0.2, 0.25) is 0 Å². The molecule has 2 aliphatic rings. The van der Waals surface area contributed by atoms with E-state index in [2.05, 4.69) is 24.2 Å². The lowest BCUT2D eigenvalue weighted by molar-refractivity contribution is 0.259. The van der Waals surface area contributed by atoms with Crippen LogP contribution >= 0.6 is 11.8 Å². The fraction of sp³-hybridized carbons (Fsp3) is 0.900. The summed E-state index contributed by atoms with van der Waals surface area (Å²) in [4.78, 5) is 4.54. The third-order valence-electron chi connectivity index (χ3n) is 3.01. The fourth-order valence-corrected chi connectivity index (χ4v) is 2.80.